The van der Waals surface area contributed by atoms with Crippen molar-refractivity contribution in [1.82, 2.24) is 5.32 Å². The van der Waals surface area contributed by atoms with Gasteiger partial charge in [0.15, 0.2) is 0 Å². The van der Waals surface area contributed by atoms with Crippen molar-refractivity contribution in [3.05, 3.63) is 59.2 Å². The number of sulfonamides is 1. The van der Waals surface area contributed by atoms with Crippen LogP contribution in [0.15, 0.2) is 47.4 Å². The average molecular weight is 404 g/mol. The molecule has 0 heterocycles. The zero-order valence-corrected chi connectivity index (χ0v) is 16.9. The fourth-order valence-corrected chi connectivity index (χ4v) is 3.92. The molecule has 7 nitrogen and oxygen atoms in total. The quantitative estimate of drug-likeness (QED) is 0.520. The van der Waals surface area contributed by atoms with Gasteiger partial charge in [-0.15, -0.1) is 0 Å². The molecule has 2 rings (SSSR count). The Kier molecular flexibility index (Phi) is 7.17. The largest absolute Gasteiger partial charge is 0.469 e. The molecule has 0 unspecified atom stereocenters. The molecular weight excluding hydrogens is 380 g/mol. The Balaban J connectivity index is 1.99. The van der Waals surface area contributed by atoms with Crippen molar-refractivity contribution in [2.75, 3.05) is 18.4 Å². The smallest absolute Gasteiger partial charge is 0.305 e. The molecule has 0 aliphatic rings. The molecule has 0 radical (unpaired) electrons. The molecule has 0 bridgehead atoms. The second-order valence-corrected chi connectivity index (χ2v) is 8.04. The van der Waals surface area contributed by atoms with E-state index >= 15 is 0 Å². The third kappa shape index (κ3) is 5.82. The number of carbonyl (C=O) groups is 2. The van der Waals surface area contributed by atoms with E-state index in [0.29, 0.717) is 29.8 Å². The summed E-state index contributed by atoms with van der Waals surface area (Å²) in [6.45, 7) is 3.91. The van der Waals surface area contributed by atoms with Crippen molar-refractivity contribution >= 4 is 27.6 Å². The van der Waals surface area contributed by atoms with Crippen LogP contribution in [0.4, 0.5) is 5.69 Å². The summed E-state index contributed by atoms with van der Waals surface area (Å²) in [7, 11) is -2.41. The summed E-state index contributed by atoms with van der Waals surface area (Å²) in [5.41, 5.74) is 2.27. The highest BCUT2D eigenvalue weighted by atomic mass is 32.2. The molecule has 8 heteroatoms. The van der Waals surface area contributed by atoms with E-state index in [1.54, 1.807) is 19.1 Å². The van der Waals surface area contributed by atoms with Crippen LogP contribution in [-0.4, -0.2) is 33.9 Å². The second kappa shape index (κ2) is 9.36. The van der Waals surface area contributed by atoms with Gasteiger partial charge in [-0.1, -0.05) is 12.1 Å². The maximum atomic E-state index is 12.6. The first-order chi connectivity index (χ1) is 13.2. The lowest BCUT2D eigenvalue weighted by Crippen LogP contribution is -2.25. The lowest BCUT2D eigenvalue weighted by molar-refractivity contribution is -0.140. The Morgan fingerprint density at radius 1 is 1.04 bits per heavy atom. The first-order valence-corrected chi connectivity index (χ1v) is 10.3. The van der Waals surface area contributed by atoms with Crippen LogP contribution in [0.25, 0.3) is 0 Å². The lowest BCUT2D eigenvalue weighted by Gasteiger charge is -2.12. The van der Waals surface area contributed by atoms with Crippen molar-refractivity contribution in [2.45, 2.75) is 31.6 Å². The summed E-state index contributed by atoms with van der Waals surface area (Å²) in [6, 6.07) is 11.4. The maximum Gasteiger partial charge on any atom is 0.305 e. The van der Waals surface area contributed by atoms with Gasteiger partial charge in [-0.3, -0.25) is 14.3 Å². The van der Waals surface area contributed by atoms with E-state index in [-0.39, 0.29) is 23.2 Å². The monoisotopic (exact) mass is 404 g/mol. The maximum absolute atomic E-state index is 12.6. The van der Waals surface area contributed by atoms with E-state index in [1.165, 1.54) is 31.4 Å². The van der Waals surface area contributed by atoms with Crippen LogP contribution in [0.1, 0.15) is 34.3 Å². The van der Waals surface area contributed by atoms with Crippen LogP contribution in [0.5, 0.6) is 0 Å². The Bertz CT molecular complexity index is 953. The Hall–Kier alpha value is -2.87. The summed E-state index contributed by atoms with van der Waals surface area (Å²) < 4.78 is 32.3. The van der Waals surface area contributed by atoms with Crippen LogP contribution < -0.4 is 10.0 Å². The van der Waals surface area contributed by atoms with Gasteiger partial charge in [-0.25, -0.2) is 8.42 Å². The highest BCUT2D eigenvalue weighted by Gasteiger charge is 2.17. The molecular formula is C20H24N2O5S. The van der Waals surface area contributed by atoms with Gasteiger partial charge in [0.25, 0.3) is 15.9 Å². The molecule has 0 aliphatic carbocycles. The Morgan fingerprint density at radius 2 is 1.71 bits per heavy atom. The van der Waals surface area contributed by atoms with Gasteiger partial charge in [-0.2, -0.15) is 0 Å². The van der Waals surface area contributed by atoms with Gasteiger partial charge in [-0.05, 0) is 61.7 Å². The molecule has 1 amide bonds. The minimum Gasteiger partial charge on any atom is -0.469 e. The topological polar surface area (TPSA) is 102 Å². The molecule has 0 atom stereocenters. The number of hydrogen-bond donors (Lipinski definition) is 2. The third-order valence-electron chi connectivity index (χ3n) is 4.10. The van der Waals surface area contributed by atoms with Gasteiger partial charge in [0.2, 0.25) is 0 Å². The molecule has 2 N–H and O–H groups in total. The van der Waals surface area contributed by atoms with Crippen molar-refractivity contribution in [1.29, 1.82) is 0 Å². The fraction of sp³-hybridized carbons (Fsp3) is 0.300. The lowest BCUT2D eigenvalue weighted by atomic mass is 10.2. The standard InChI is InChI=1S/C20H24N2O5S/c1-14-6-7-15(2)18(13-14)28(25,26)22-17-10-8-16(9-11-17)20(24)21-12-4-5-19(23)27-3/h6-11,13,22H,4-5,12H2,1-3H3,(H,21,24). The van der Waals surface area contributed by atoms with Crippen LogP contribution in [0.3, 0.4) is 0 Å². The second-order valence-electron chi connectivity index (χ2n) is 6.39. The first-order valence-electron chi connectivity index (χ1n) is 8.78. The SMILES string of the molecule is COC(=O)CCCNC(=O)c1ccc(NS(=O)(=O)c2cc(C)ccc2C)cc1. The zero-order chi connectivity index (χ0) is 20.7. The van der Waals surface area contributed by atoms with E-state index in [2.05, 4.69) is 14.8 Å². The summed E-state index contributed by atoms with van der Waals surface area (Å²) in [4.78, 5) is 23.3. The predicted octanol–water partition coefficient (Wildman–Crippen LogP) is 2.79. The highest BCUT2D eigenvalue weighted by Crippen LogP contribution is 2.21. The summed E-state index contributed by atoms with van der Waals surface area (Å²) in [5, 5.41) is 2.70. The zero-order valence-electron chi connectivity index (χ0n) is 16.1. The number of hydrogen-bond acceptors (Lipinski definition) is 5. The van der Waals surface area contributed by atoms with E-state index in [4.69, 9.17) is 0 Å². The molecule has 2 aromatic rings. The summed E-state index contributed by atoms with van der Waals surface area (Å²) in [5.74, 6) is -0.622. The molecule has 2 aromatic carbocycles. The van der Waals surface area contributed by atoms with Crippen LogP contribution >= 0.6 is 0 Å². The number of anilines is 1. The van der Waals surface area contributed by atoms with Gasteiger partial charge >= 0.3 is 5.97 Å². The third-order valence-corrected chi connectivity index (χ3v) is 5.63. The molecule has 0 saturated heterocycles. The number of rotatable bonds is 8. The van der Waals surface area contributed by atoms with Crippen LogP contribution in [0, 0.1) is 13.8 Å². The number of ether oxygens (including phenoxy) is 1. The van der Waals surface area contributed by atoms with E-state index in [0.717, 1.165) is 5.56 Å². The molecule has 150 valence electrons. The Morgan fingerprint density at radius 3 is 2.36 bits per heavy atom. The first kappa shape index (κ1) is 21.4. The molecule has 0 aromatic heterocycles. The van der Waals surface area contributed by atoms with Crippen LogP contribution in [-0.2, 0) is 19.6 Å². The van der Waals surface area contributed by atoms with E-state index in [1.807, 2.05) is 13.0 Å². The summed E-state index contributed by atoms with van der Waals surface area (Å²) in [6.07, 6.45) is 0.710. The number of aryl methyl sites for hydroxylation is 2. The number of esters is 1. The number of amides is 1. The fourth-order valence-electron chi connectivity index (χ4n) is 2.54. The van der Waals surface area contributed by atoms with Gasteiger partial charge in [0, 0.05) is 24.2 Å². The normalized spacial score (nSPS) is 11.0. The molecule has 0 spiro atoms. The number of methoxy groups -OCH3 is 1. The Labute approximate surface area is 165 Å². The van der Waals surface area contributed by atoms with Gasteiger partial charge in [0.1, 0.15) is 0 Å². The number of nitrogens with one attached hydrogen (secondary N) is 2. The van der Waals surface area contributed by atoms with Gasteiger partial charge in [0.05, 0.1) is 12.0 Å². The number of carbonyl (C=O) groups excluding carboxylic acids is 2. The van der Waals surface area contributed by atoms with Crippen molar-refractivity contribution < 1.29 is 22.7 Å². The minimum absolute atomic E-state index is 0.222. The molecule has 0 saturated carbocycles. The van der Waals surface area contributed by atoms with Crippen molar-refractivity contribution in [2.24, 2.45) is 0 Å². The molecule has 0 fully saturated rings. The van der Waals surface area contributed by atoms with Crippen LogP contribution in [0.2, 0.25) is 0 Å². The van der Waals surface area contributed by atoms with E-state index in [9.17, 15) is 18.0 Å². The number of benzene rings is 2. The van der Waals surface area contributed by atoms with Gasteiger partial charge < -0.3 is 10.1 Å². The molecule has 0 aliphatic heterocycles. The van der Waals surface area contributed by atoms with Crippen molar-refractivity contribution in [3.8, 4) is 0 Å². The molecule has 28 heavy (non-hydrogen) atoms. The highest BCUT2D eigenvalue weighted by molar-refractivity contribution is 7.92. The van der Waals surface area contributed by atoms with Crippen molar-refractivity contribution in [3.63, 3.8) is 0 Å². The average Bonchev–Trinajstić information content (AvgIpc) is 2.66. The summed E-state index contributed by atoms with van der Waals surface area (Å²) >= 11 is 0. The predicted molar refractivity (Wildman–Crippen MR) is 107 cm³/mol. The van der Waals surface area contributed by atoms with E-state index < -0.39 is 10.0 Å². The minimum atomic E-state index is -3.72.